The van der Waals surface area contributed by atoms with Crippen molar-refractivity contribution in [3.05, 3.63) is 45.4 Å². The number of anilines is 1. The van der Waals surface area contributed by atoms with Crippen LogP contribution < -0.4 is 5.32 Å². The summed E-state index contributed by atoms with van der Waals surface area (Å²) in [6.45, 7) is 5.78. The number of halogens is 2. The molecule has 0 aliphatic heterocycles. The molecule has 0 spiro atoms. The highest BCUT2D eigenvalue weighted by Gasteiger charge is 2.14. The molecule has 2 aromatic rings. The second-order valence-electron chi connectivity index (χ2n) is 4.34. The third kappa shape index (κ3) is 2.56. The molecule has 3 nitrogen and oxygen atoms in total. The van der Waals surface area contributed by atoms with E-state index in [1.807, 2.05) is 20.8 Å². The molecule has 0 aliphatic carbocycles. The Hall–Kier alpha value is -1.36. The Morgan fingerprint density at radius 2 is 2.11 bits per heavy atom. The largest absolute Gasteiger partial charge is 0.375 e. The van der Waals surface area contributed by atoms with Gasteiger partial charge < -0.3 is 5.32 Å². The first-order valence-electron chi connectivity index (χ1n) is 5.72. The Morgan fingerprint density at radius 3 is 2.72 bits per heavy atom. The third-order valence-corrected chi connectivity index (χ3v) is 3.41. The standard InChI is InChI=1S/C13H15BrFN3/c1-7(11-6-10(14)4-5-12(11)15)16-13-8(2)17-18-9(13)3/h4-7,16H,1-3H3,(H,17,18). The number of nitrogens with one attached hydrogen (secondary N) is 2. The van der Waals surface area contributed by atoms with Gasteiger partial charge in [-0.2, -0.15) is 5.10 Å². The van der Waals surface area contributed by atoms with Crippen LogP contribution in [0.2, 0.25) is 0 Å². The Kier molecular flexibility index (Phi) is 3.71. The second kappa shape index (κ2) is 5.10. The van der Waals surface area contributed by atoms with Crippen molar-refractivity contribution in [2.75, 3.05) is 5.32 Å². The lowest BCUT2D eigenvalue weighted by atomic mass is 10.1. The second-order valence-corrected chi connectivity index (χ2v) is 5.26. The van der Waals surface area contributed by atoms with Crippen LogP contribution in [0.1, 0.15) is 29.9 Å². The minimum atomic E-state index is -0.211. The van der Waals surface area contributed by atoms with Crippen LogP contribution in [0, 0.1) is 19.7 Å². The summed E-state index contributed by atoms with van der Waals surface area (Å²) in [5.74, 6) is -0.211. The van der Waals surface area contributed by atoms with Gasteiger partial charge in [0, 0.05) is 10.0 Å². The molecule has 0 aliphatic rings. The van der Waals surface area contributed by atoms with E-state index in [1.54, 1.807) is 12.1 Å². The molecule has 2 N–H and O–H groups in total. The van der Waals surface area contributed by atoms with Crippen molar-refractivity contribution in [2.24, 2.45) is 0 Å². The number of hydrogen-bond donors (Lipinski definition) is 2. The fourth-order valence-electron chi connectivity index (χ4n) is 1.90. The Balaban J connectivity index is 2.27. The quantitative estimate of drug-likeness (QED) is 0.896. The molecule has 1 heterocycles. The number of aromatic amines is 1. The van der Waals surface area contributed by atoms with Crippen molar-refractivity contribution in [3.8, 4) is 0 Å². The van der Waals surface area contributed by atoms with Crippen LogP contribution in [0.25, 0.3) is 0 Å². The molecule has 1 atom stereocenters. The summed E-state index contributed by atoms with van der Waals surface area (Å²) in [4.78, 5) is 0. The van der Waals surface area contributed by atoms with Gasteiger partial charge in [-0.1, -0.05) is 15.9 Å². The maximum absolute atomic E-state index is 13.8. The van der Waals surface area contributed by atoms with Crippen molar-refractivity contribution in [1.29, 1.82) is 0 Å². The highest BCUT2D eigenvalue weighted by atomic mass is 79.9. The molecule has 0 fully saturated rings. The van der Waals surface area contributed by atoms with Crippen LogP contribution in [0.4, 0.5) is 10.1 Å². The van der Waals surface area contributed by atoms with Gasteiger partial charge >= 0.3 is 0 Å². The summed E-state index contributed by atoms with van der Waals surface area (Å²) in [5, 5.41) is 10.3. The first-order chi connectivity index (χ1) is 8.49. The van der Waals surface area contributed by atoms with Gasteiger partial charge in [-0.15, -0.1) is 0 Å². The van der Waals surface area contributed by atoms with Crippen LogP contribution in [-0.4, -0.2) is 10.2 Å². The predicted molar refractivity (Wildman–Crippen MR) is 74.2 cm³/mol. The zero-order valence-electron chi connectivity index (χ0n) is 10.5. The number of aryl methyl sites for hydroxylation is 2. The molecular weight excluding hydrogens is 297 g/mol. The number of hydrogen-bond acceptors (Lipinski definition) is 2. The van der Waals surface area contributed by atoms with E-state index in [-0.39, 0.29) is 11.9 Å². The summed E-state index contributed by atoms with van der Waals surface area (Å²) >= 11 is 3.36. The molecule has 0 bridgehead atoms. The molecule has 0 radical (unpaired) electrons. The van der Waals surface area contributed by atoms with Crippen molar-refractivity contribution >= 4 is 21.6 Å². The van der Waals surface area contributed by atoms with Crippen molar-refractivity contribution in [3.63, 3.8) is 0 Å². The minimum Gasteiger partial charge on any atom is -0.375 e. The lowest BCUT2D eigenvalue weighted by Gasteiger charge is -2.17. The fourth-order valence-corrected chi connectivity index (χ4v) is 2.28. The summed E-state index contributed by atoms with van der Waals surface area (Å²) in [6.07, 6.45) is 0. The van der Waals surface area contributed by atoms with Gasteiger partial charge in [0.1, 0.15) is 5.82 Å². The smallest absolute Gasteiger partial charge is 0.128 e. The summed E-state index contributed by atoms with van der Waals surface area (Å²) in [5.41, 5.74) is 3.40. The first-order valence-corrected chi connectivity index (χ1v) is 6.51. The van der Waals surface area contributed by atoms with E-state index in [1.165, 1.54) is 6.07 Å². The van der Waals surface area contributed by atoms with Gasteiger partial charge in [0.05, 0.1) is 23.1 Å². The average Bonchev–Trinajstić information content (AvgIpc) is 2.64. The van der Waals surface area contributed by atoms with E-state index in [0.29, 0.717) is 5.56 Å². The van der Waals surface area contributed by atoms with Gasteiger partial charge in [0.15, 0.2) is 0 Å². The maximum Gasteiger partial charge on any atom is 0.128 e. The number of rotatable bonds is 3. The van der Waals surface area contributed by atoms with Crippen molar-refractivity contribution in [1.82, 2.24) is 10.2 Å². The highest BCUT2D eigenvalue weighted by Crippen LogP contribution is 2.27. The van der Waals surface area contributed by atoms with E-state index in [9.17, 15) is 4.39 Å². The van der Waals surface area contributed by atoms with Crippen LogP contribution in [-0.2, 0) is 0 Å². The molecular formula is C13H15BrFN3. The van der Waals surface area contributed by atoms with Gasteiger partial charge in [-0.25, -0.2) is 4.39 Å². The van der Waals surface area contributed by atoms with Gasteiger partial charge in [-0.05, 0) is 39.0 Å². The van der Waals surface area contributed by atoms with Crippen molar-refractivity contribution in [2.45, 2.75) is 26.8 Å². The van der Waals surface area contributed by atoms with Gasteiger partial charge in [-0.3, -0.25) is 5.10 Å². The highest BCUT2D eigenvalue weighted by molar-refractivity contribution is 9.10. The zero-order valence-corrected chi connectivity index (χ0v) is 12.1. The maximum atomic E-state index is 13.8. The predicted octanol–water partition coefficient (Wildman–Crippen LogP) is 4.10. The Labute approximate surface area is 114 Å². The Bertz CT molecular complexity index is 546. The van der Waals surface area contributed by atoms with Gasteiger partial charge in [0.25, 0.3) is 0 Å². The normalized spacial score (nSPS) is 12.5. The first kappa shape index (κ1) is 13.1. The Morgan fingerprint density at radius 1 is 1.39 bits per heavy atom. The van der Waals surface area contributed by atoms with Crippen LogP contribution in [0.3, 0.4) is 0 Å². The third-order valence-electron chi connectivity index (χ3n) is 2.91. The molecule has 0 amide bonds. The van der Waals surface area contributed by atoms with E-state index in [4.69, 9.17) is 0 Å². The van der Waals surface area contributed by atoms with Gasteiger partial charge in [0.2, 0.25) is 0 Å². The lowest BCUT2D eigenvalue weighted by molar-refractivity contribution is 0.600. The molecule has 0 saturated carbocycles. The molecule has 1 aromatic carbocycles. The SMILES string of the molecule is Cc1n[nH]c(C)c1NC(C)c1cc(Br)ccc1F. The van der Waals surface area contributed by atoms with Crippen molar-refractivity contribution < 1.29 is 4.39 Å². The average molecular weight is 312 g/mol. The lowest BCUT2D eigenvalue weighted by Crippen LogP contribution is -2.09. The van der Waals surface area contributed by atoms with E-state index in [2.05, 4.69) is 31.4 Å². The molecule has 1 aromatic heterocycles. The number of benzene rings is 1. The summed E-state index contributed by atoms with van der Waals surface area (Å²) < 4.78 is 14.6. The minimum absolute atomic E-state index is 0.127. The fraction of sp³-hybridized carbons (Fsp3) is 0.308. The molecule has 5 heteroatoms. The molecule has 96 valence electrons. The van der Waals surface area contributed by atoms with Crippen LogP contribution in [0.5, 0.6) is 0 Å². The molecule has 0 saturated heterocycles. The topological polar surface area (TPSA) is 40.7 Å². The zero-order chi connectivity index (χ0) is 13.3. The van der Waals surface area contributed by atoms with E-state index < -0.39 is 0 Å². The summed E-state index contributed by atoms with van der Waals surface area (Å²) in [7, 11) is 0. The van der Waals surface area contributed by atoms with E-state index >= 15 is 0 Å². The molecule has 1 unspecified atom stereocenters. The van der Waals surface area contributed by atoms with E-state index in [0.717, 1.165) is 21.5 Å². The number of nitrogens with zero attached hydrogens (tertiary/aromatic N) is 1. The number of H-pyrrole nitrogens is 1. The molecule has 18 heavy (non-hydrogen) atoms. The van der Waals surface area contributed by atoms with Crippen LogP contribution in [0.15, 0.2) is 22.7 Å². The monoisotopic (exact) mass is 311 g/mol. The summed E-state index contributed by atoms with van der Waals surface area (Å²) in [6, 6.07) is 4.82. The molecule has 2 rings (SSSR count). The number of aromatic nitrogens is 2. The van der Waals surface area contributed by atoms with Crippen LogP contribution >= 0.6 is 15.9 Å².